The molecule has 1 aromatic rings. The highest BCUT2D eigenvalue weighted by molar-refractivity contribution is 5.30. The highest BCUT2D eigenvalue weighted by Gasteiger charge is 2.26. The van der Waals surface area contributed by atoms with Crippen molar-refractivity contribution in [1.82, 2.24) is 9.80 Å². The maximum absolute atomic E-state index is 6.09. The molecule has 1 aliphatic carbocycles. The Morgan fingerprint density at radius 2 is 1.57 bits per heavy atom. The molecule has 21 heavy (non-hydrogen) atoms. The number of nitrogens with two attached hydrogens (primary N) is 1. The topological polar surface area (TPSA) is 32.5 Å². The van der Waals surface area contributed by atoms with Crippen LogP contribution in [-0.2, 0) is 0 Å². The van der Waals surface area contributed by atoms with Crippen LogP contribution >= 0.6 is 0 Å². The van der Waals surface area contributed by atoms with Gasteiger partial charge in [-0.15, -0.1) is 0 Å². The summed E-state index contributed by atoms with van der Waals surface area (Å²) in [7, 11) is 0. The Balaban J connectivity index is 1.64. The number of hydrogen-bond acceptors (Lipinski definition) is 3. The van der Waals surface area contributed by atoms with Crippen LogP contribution in [0, 0.1) is 0 Å². The largest absolute Gasteiger partial charge is 0.329 e. The van der Waals surface area contributed by atoms with Gasteiger partial charge in [0.1, 0.15) is 0 Å². The molecule has 1 saturated heterocycles. The highest BCUT2D eigenvalue weighted by Crippen LogP contribution is 2.40. The van der Waals surface area contributed by atoms with Crippen LogP contribution in [0.25, 0.3) is 0 Å². The lowest BCUT2D eigenvalue weighted by atomic mass is 10.0. The van der Waals surface area contributed by atoms with E-state index in [0.29, 0.717) is 18.6 Å². The SMILES string of the molecule is CC(C)N1CCN(C(CN)c2ccc(C3CC3)cc2)CC1. The lowest BCUT2D eigenvalue weighted by Gasteiger charge is -2.40. The number of benzene rings is 1. The van der Waals surface area contributed by atoms with Crippen LogP contribution in [-0.4, -0.2) is 48.6 Å². The summed E-state index contributed by atoms with van der Waals surface area (Å²) in [5.41, 5.74) is 8.99. The third kappa shape index (κ3) is 3.47. The highest BCUT2D eigenvalue weighted by atomic mass is 15.3. The van der Waals surface area contributed by atoms with E-state index in [9.17, 15) is 0 Å². The second kappa shape index (κ2) is 6.47. The van der Waals surface area contributed by atoms with Gasteiger partial charge in [-0.1, -0.05) is 24.3 Å². The molecule has 1 atom stereocenters. The van der Waals surface area contributed by atoms with E-state index in [1.54, 1.807) is 0 Å². The fourth-order valence-corrected chi connectivity index (χ4v) is 3.47. The van der Waals surface area contributed by atoms with E-state index in [4.69, 9.17) is 5.73 Å². The van der Waals surface area contributed by atoms with Gasteiger partial charge in [0.05, 0.1) is 0 Å². The van der Waals surface area contributed by atoms with Crippen LogP contribution in [0.4, 0.5) is 0 Å². The monoisotopic (exact) mass is 287 g/mol. The van der Waals surface area contributed by atoms with Crippen molar-refractivity contribution in [2.24, 2.45) is 5.73 Å². The predicted molar refractivity (Wildman–Crippen MR) is 88.5 cm³/mol. The van der Waals surface area contributed by atoms with Gasteiger partial charge in [0, 0.05) is 44.8 Å². The summed E-state index contributed by atoms with van der Waals surface area (Å²) in [5.74, 6) is 0.838. The predicted octanol–water partition coefficient (Wildman–Crippen LogP) is 2.59. The molecule has 1 heterocycles. The first-order valence-corrected chi connectivity index (χ1v) is 8.47. The van der Waals surface area contributed by atoms with Crippen LogP contribution in [0.2, 0.25) is 0 Å². The van der Waals surface area contributed by atoms with Crippen molar-refractivity contribution in [2.75, 3.05) is 32.7 Å². The quantitative estimate of drug-likeness (QED) is 0.903. The van der Waals surface area contributed by atoms with Crippen molar-refractivity contribution in [3.8, 4) is 0 Å². The molecule has 0 radical (unpaired) electrons. The average molecular weight is 287 g/mol. The van der Waals surface area contributed by atoms with Gasteiger partial charge in [-0.25, -0.2) is 0 Å². The molecule has 0 spiro atoms. The smallest absolute Gasteiger partial charge is 0.0471 e. The van der Waals surface area contributed by atoms with Crippen molar-refractivity contribution in [3.63, 3.8) is 0 Å². The third-order valence-electron chi connectivity index (χ3n) is 5.11. The van der Waals surface area contributed by atoms with Gasteiger partial charge < -0.3 is 5.73 Å². The molecule has 2 fully saturated rings. The Kier molecular flexibility index (Phi) is 4.63. The van der Waals surface area contributed by atoms with Crippen molar-refractivity contribution in [1.29, 1.82) is 0 Å². The van der Waals surface area contributed by atoms with Gasteiger partial charge in [-0.05, 0) is 43.7 Å². The summed E-state index contributed by atoms with van der Waals surface area (Å²) < 4.78 is 0. The Hall–Kier alpha value is -0.900. The molecule has 3 rings (SSSR count). The molecule has 0 amide bonds. The fraction of sp³-hybridized carbons (Fsp3) is 0.667. The van der Waals surface area contributed by atoms with Crippen molar-refractivity contribution < 1.29 is 0 Å². The second-order valence-electron chi connectivity index (χ2n) is 6.86. The Bertz CT molecular complexity index is 442. The minimum absolute atomic E-state index is 0.382. The Morgan fingerprint density at radius 3 is 2.05 bits per heavy atom. The van der Waals surface area contributed by atoms with Gasteiger partial charge in [0.15, 0.2) is 0 Å². The van der Waals surface area contributed by atoms with Gasteiger partial charge in [-0.2, -0.15) is 0 Å². The van der Waals surface area contributed by atoms with E-state index in [1.165, 1.54) is 24.0 Å². The number of rotatable bonds is 5. The molecule has 3 nitrogen and oxygen atoms in total. The molecule has 3 heteroatoms. The first-order chi connectivity index (χ1) is 10.2. The first-order valence-electron chi connectivity index (χ1n) is 8.47. The number of hydrogen-bond donors (Lipinski definition) is 1. The first kappa shape index (κ1) is 15.0. The zero-order chi connectivity index (χ0) is 14.8. The van der Waals surface area contributed by atoms with Crippen LogP contribution < -0.4 is 5.73 Å². The van der Waals surface area contributed by atoms with E-state index in [1.807, 2.05) is 0 Å². The van der Waals surface area contributed by atoms with Crippen LogP contribution in [0.1, 0.15) is 49.8 Å². The maximum Gasteiger partial charge on any atom is 0.0471 e. The molecule has 0 bridgehead atoms. The molecule has 1 aliphatic heterocycles. The third-order valence-corrected chi connectivity index (χ3v) is 5.11. The Labute approximate surface area is 129 Å². The summed E-state index contributed by atoms with van der Waals surface area (Å²) in [4.78, 5) is 5.12. The Morgan fingerprint density at radius 1 is 1.00 bits per heavy atom. The van der Waals surface area contributed by atoms with Crippen molar-refractivity contribution in [2.45, 2.75) is 44.7 Å². The van der Waals surface area contributed by atoms with E-state index < -0.39 is 0 Å². The average Bonchev–Trinajstić information content (AvgIpc) is 3.34. The van der Waals surface area contributed by atoms with Crippen molar-refractivity contribution in [3.05, 3.63) is 35.4 Å². The molecule has 1 aromatic carbocycles. The minimum atomic E-state index is 0.382. The normalized spacial score (nSPS) is 22.7. The minimum Gasteiger partial charge on any atom is -0.329 e. The van der Waals surface area contributed by atoms with Crippen LogP contribution in [0.15, 0.2) is 24.3 Å². The van der Waals surface area contributed by atoms with Gasteiger partial charge in [-0.3, -0.25) is 9.80 Å². The lowest BCUT2D eigenvalue weighted by molar-refractivity contribution is 0.0802. The number of piperazine rings is 1. The van der Waals surface area contributed by atoms with E-state index in [0.717, 1.165) is 32.1 Å². The van der Waals surface area contributed by atoms with E-state index in [-0.39, 0.29) is 0 Å². The lowest BCUT2D eigenvalue weighted by Crippen LogP contribution is -2.50. The zero-order valence-corrected chi connectivity index (χ0v) is 13.5. The fourth-order valence-electron chi connectivity index (χ4n) is 3.47. The van der Waals surface area contributed by atoms with Crippen LogP contribution in [0.3, 0.4) is 0 Å². The molecule has 2 N–H and O–H groups in total. The maximum atomic E-state index is 6.09. The van der Waals surface area contributed by atoms with E-state index in [2.05, 4.69) is 47.9 Å². The standard InChI is InChI=1S/C18H29N3/c1-14(2)20-9-11-21(12-10-20)18(13-19)17-7-5-16(6-8-17)15-3-4-15/h5-8,14-15,18H,3-4,9-13,19H2,1-2H3. The summed E-state index contributed by atoms with van der Waals surface area (Å²) >= 11 is 0. The summed E-state index contributed by atoms with van der Waals surface area (Å²) in [6, 6.07) is 10.3. The van der Waals surface area contributed by atoms with Gasteiger partial charge in [0.2, 0.25) is 0 Å². The zero-order valence-electron chi connectivity index (χ0n) is 13.5. The summed E-state index contributed by atoms with van der Waals surface area (Å²) in [5, 5.41) is 0. The van der Waals surface area contributed by atoms with E-state index >= 15 is 0 Å². The molecular weight excluding hydrogens is 258 g/mol. The number of nitrogens with zero attached hydrogens (tertiary/aromatic N) is 2. The van der Waals surface area contributed by atoms with Gasteiger partial charge in [0.25, 0.3) is 0 Å². The van der Waals surface area contributed by atoms with Crippen LogP contribution in [0.5, 0.6) is 0 Å². The molecule has 1 saturated carbocycles. The molecule has 116 valence electrons. The second-order valence-corrected chi connectivity index (χ2v) is 6.86. The summed E-state index contributed by atoms with van der Waals surface area (Å²) in [6.07, 6.45) is 2.74. The molecule has 1 unspecified atom stereocenters. The molecule has 2 aliphatic rings. The molecular formula is C18H29N3. The van der Waals surface area contributed by atoms with Crippen molar-refractivity contribution >= 4 is 0 Å². The van der Waals surface area contributed by atoms with Gasteiger partial charge >= 0.3 is 0 Å². The molecule has 0 aromatic heterocycles. The summed E-state index contributed by atoms with van der Waals surface area (Å²) in [6.45, 7) is 9.86.